The van der Waals surface area contributed by atoms with Crippen LogP contribution in [0.3, 0.4) is 0 Å². The summed E-state index contributed by atoms with van der Waals surface area (Å²) in [5.74, 6) is -0.667. The average molecular weight is 905 g/mol. The van der Waals surface area contributed by atoms with Crippen LogP contribution in [-0.4, -0.2) is 143 Å². The fourth-order valence-corrected chi connectivity index (χ4v) is 10.3. The van der Waals surface area contributed by atoms with Gasteiger partial charge in [-0.05, 0) is 69.1 Å². The molecule has 1 saturated carbocycles. The molecule has 2 bridgehead atoms. The van der Waals surface area contributed by atoms with Crippen LogP contribution in [0.1, 0.15) is 57.4 Å². The van der Waals surface area contributed by atoms with Crippen LogP contribution in [0.25, 0.3) is 11.0 Å². The second-order valence-corrected chi connectivity index (χ2v) is 18.1. The first-order chi connectivity index (χ1) is 31.3. The number of imidazole rings is 1. The number of amides is 3. The molecule has 9 rings (SSSR count). The zero-order chi connectivity index (χ0) is 45.5. The number of carbonyl (C=O) groups excluding carboxylic acids is 3. The molecule has 7 aliphatic rings. The molecular weight excluding hydrogens is 850 g/mol. The number of hydrogen-bond acceptors (Lipinski definition) is 14. The molecule has 348 valence electrons. The van der Waals surface area contributed by atoms with Crippen LogP contribution >= 0.6 is 0 Å². The first-order valence-electron chi connectivity index (χ1n) is 22.4. The molecule has 1 aliphatic carbocycles. The van der Waals surface area contributed by atoms with Gasteiger partial charge in [-0.25, -0.2) is 23.0 Å². The molecule has 2 aromatic rings. The van der Waals surface area contributed by atoms with Crippen molar-refractivity contribution >= 4 is 52.2 Å². The molecule has 6 aliphatic heterocycles. The van der Waals surface area contributed by atoms with Gasteiger partial charge in [0.1, 0.15) is 29.6 Å². The maximum atomic E-state index is 15.6. The summed E-state index contributed by atoms with van der Waals surface area (Å²) in [5, 5.41) is 26.8. The van der Waals surface area contributed by atoms with E-state index >= 15 is 4.39 Å². The molecule has 21 heteroatoms. The number of rotatable bonds is 13. The number of fused-ring (bicyclic) bond motifs is 3. The van der Waals surface area contributed by atoms with Crippen molar-refractivity contribution in [2.24, 2.45) is 18.0 Å². The number of allylic oxidation sites excluding steroid dienone is 1. The minimum atomic E-state index is -3.15. The number of amidine groups is 1. The number of nitrogens with one attached hydrogen (secondary N) is 6. The Hall–Kier alpha value is -5.80. The number of likely N-dealkylation sites (tertiary alicyclic amines) is 2. The van der Waals surface area contributed by atoms with Gasteiger partial charge in [-0.15, -0.1) is 0 Å². The Bertz CT molecular complexity index is 2420. The predicted molar refractivity (Wildman–Crippen MR) is 235 cm³/mol. The van der Waals surface area contributed by atoms with Crippen LogP contribution in [0.2, 0.25) is 0 Å². The summed E-state index contributed by atoms with van der Waals surface area (Å²) < 4.78 is 58.3. The summed E-state index contributed by atoms with van der Waals surface area (Å²) in [6.45, 7) is 3.98. The smallest absolute Gasteiger partial charge is 0.329 e. The van der Waals surface area contributed by atoms with Gasteiger partial charge in [0.05, 0.1) is 59.0 Å². The van der Waals surface area contributed by atoms with Crippen LogP contribution in [0.15, 0.2) is 63.6 Å². The van der Waals surface area contributed by atoms with Gasteiger partial charge < -0.3 is 40.6 Å². The van der Waals surface area contributed by atoms with Crippen molar-refractivity contribution < 1.29 is 37.0 Å². The van der Waals surface area contributed by atoms with Crippen molar-refractivity contribution in [1.29, 1.82) is 10.8 Å². The zero-order valence-corrected chi connectivity index (χ0v) is 36.1. The van der Waals surface area contributed by atoms with Crippen molar-refractivity contribution in [1.82, 2.24) is 40.2 Å². The van der Waals surface area contributed by atoms with Gasteiger partial charge in [-0.2, -0.15) is 0 Å². The fourth-order valence-electron chi connectivity index (χ4n) is 10.3. The number of imide groups is 1. The van der Waals surface area contributed by atoms with E-state index < -0.39 is 48.0 Å². The first-order valence-corrected chi connectivity index (χ1v) is 22.4. The summed E-state index contributed by atoms with van der Waals surface area (Å²) in [6, 6.07) is 4.86. The molecule has 0 radical (unpaired) electrons. The Kier molecular flexibility index (Phi) is 12.7. The van der Waals surface area contributed by atoms with E-state index in [1.807, 2.05) is 12.1 Å². The van der Waals surface area contributed by atoms with Crippen molar-refractivity contribution in [2.45, 2.75) is 100 Å². The second kappa shape index (κ2) is 18.6. The highest BCUT2D eigenvalue weighted by atomic mass is 19.3. The quantitative estimate of drug-likeness (QED) is 0.0974. The van der Waals surface area contributed by atoms with Gasteiger partial charge in [-0.1, -0.05) is 6.07 Å². The largest absolute Gasteiger partial charge is 0.386 e. The Balaban J connectivity index is 0.736. The van der Waals surface area contributed by atoms with Gasteiger partial charge in [0.2, 0.25) is 11.8 Å². The van der Waals surface area contributed by atoms with Crippen molar-refractivity contribution in [3.05, 3.63) is 64.3 Å². The highest BCUT2D eigenvalue weighted by Crippen LogP contribution is 2.34. The first kappa shape index (κ1) is 44.4. The molecule has 5 atom stereocenters. The average Bonchev–Trinajstić information content (AvgIpc) is 3.99. The van der Waals surface area contributed by atoms with Gasteiger partial charge >= 0.3 is 5.69 Å². The minimum Gasteiger partial charge on any atom is -0.386 e. The van der Waals surface area contributed by atoms with E-state index in [0.717, 1.165) is 50.6 Å². The topological polar surface area (TPSA) is 214 Å². The molecule has 6 fully saturated rings. The number of alkyl halides is 3. The summed E-state index contributed by atoms with van der Waals surface area (Å²) in [4.78, 5) is 62.0. The molecule has 65 heavy (non-hydrogen) atoms. The number of aryl methyl sites for hydroxylation is 1. The number of para-hydroxylation sites is 1. The van der Waals surface area contributed by atoms with Gasteiger partial charge in [0.25, 0.3) is 12.3 Å². The third-order valence-corrected chi connectivity index (χ3v) is 13.8. The molecule has 1 aromatic heterocycles. The number of piperidine rings is 2. The minimum absolute atomic E-state index is 0.0847. The molecule has 6 N–H and O–H groups in total. The van der Waals surface area contributed by atoms with Crippen molar-refractivity contribution in [2.75, 3.05) is 50.8 Å². The Labute approximate surface area is 372 Å². The van der Waals surface area contributed by atoms with E-state index in [2.05, 4.69) is 41.0 Å². The second-order valence-electron chi connectivity index (χ2n) is 18.1. The van der Waals surface area contributed by atoms with Gasteiger partial charge in [0, 0.05) is 77.4 Å². The molecular formula is C44H55F3N12O6. The molecule has 1 aromatic carbocycles. The Morgan fingerprint density at radius 3 is 2.58 bits per heavy atom. The normalized spacial score (nSPS) is 29.4. The SMILES string of the molecule is Cn1c(=O)n(C2CCC(=O)NC2=O)c2cccc(N3CC(O[C@H]4CCN(C[C@H]5CC[C@H](N/C=C(/NC(=O)/C(C=N)=C6\N=C(N7C[C@H]8C[C@@H]7CO8)C=CN6)C(=N)C(F)F)CC5)C[C@@H]4F)C3)c21. The molecule has 1 unspecified atom stereocenters. The third-order valence-electron chi connectivity index (χ3n) is 13.8. The predicted octanol–water partition coefficient (Wildman–Crippen LogP) is 2.18. The number of benzene rings is 1. The summed E-state index contributed by atoms with van der Waals surface area (Å²) in [7, 11) is 1.67. The lowest BCUT2D eigenvalue weighted by Crippen LogP contribution is -2.56. The van der Waals surface area contributed by atoms with E-state index in [4.69, 9.17) is 20.3 Å². The van der Waals surface area contributed by atoms with Crippen LogP contribution in [0.5, 0.6) is 0 Å². The number of morpholine rings is 1. The monoisotopic (exact) mass is 904 g/mol. The standard InChI is InChI=1S/C44H55F3N12O6/c1-55-39-32(3-2-4-33(39)59(44(55)63)34-9-10-37(60)54-43(34)62)57-19-28(20-57)65-35-12-14-56(22-30(35)45)18-24-5-7-25(8-6-24)51-17-31(38(49)40(46)47)52-42(61)29(16-48)41-50-13-11-36(53-41)58-21-27-15-26(58)23-64-27/h2-4,11,13,16-17,24-28,30,34-35,40,48-51H,5-10,12,14-15,18-23H2,1H3,(H,52,61)(H,54,60,62)/b31-17+,41-29-,48-16?,49-38?/t24-,25-,26-,27-,30+,34?,35+/m1/s1. The van der Waals surface area contributed by atoms with E-state index in [9.17, 15) is 28.0 Å². The van der Waals surface area contributed by atoms with E-state index in [-0.39, 0.29) is 66.7 Å². The van der Waals surface area contributed by atoms with Crippen LogP contribution in [0.4, 0.5) is 18.9 Å². The van der Waals surface area contributed by atoms with E-state index in [1.165, 1.54) is 15.3 Å². The lowest BCUT2D eigenvalue weighted by molar-refractivity contribution is -0.135. The number of carbonyl (C=O) groups is 3. The molecule has 7 heterocycles. The van der Waals surface area contributed by atoms with E-state index in [0.29, 0.717) is 62.0 Å². The number of nitrogens with zero attached hydrogens (tertiary/aromatic N) is 6. The number of aliphatic imine (C=N–C) groups is 1. The number of ether oxygens (including phenoxy) is 2. The number of halogens is 3. The summed E-state index contributed by atoms with van der Waals surface area (Å²) in [5.41, 5.74) is 0.143. The van der Waals surface area contributed by atoms with Gasteiger partial charge in [0.15, 0.2) is 0 Å². The third kappa shape index (κ3) is 9.09. The molecule has 5 saturated heterocycles. The van der Waals surface area contributed by atoms with Gasteiger partial charge in [-0.3, -0.25) is 39.1 Å². The van der Waals surface area contributed by atoms with Crippen LogP contribution in [0, 0.1) is 16.7 Å². The number of hydrogen-bond donors (Lipinski definition) is 6. The Morgan fingerprint density at radius 1 is 1.09 bits per heavy atom. The maximum absolute atomic E-state index is 15.6. The molecule has 3 amide bonds. The summed E-state index contributed by atoms with van der Waals surface area (Å²) >= 11 is 0. The highest BCUT2D eigenvalue weighted by molar-refractivity contribution is 6.15. The van der Waals surface area contributed by atoms with E-state index in [1.54, 1.807) is 25.4 Å². The maximum Gasteiger partial charge on any atom is 0.329 e. The van der Waals surface area contributed by atoms with Crippen molar-refractivity contribution in [3.8, 4) is 0 Å². The molecule has 0 spiro atoms. The lowest BCUT2D eigenvalue weighted by Gasteiger charge is -2.45. The number of anilines is 1. The Morgan fingerprint density at radius 2 is 1.89 bits per heavy atom. The zero-order valence-electron chi connectivity index (χ0n) is 36.1. The van der Waals surface area contributed by atoms with Crippen molar-refractivity contribution in [3.63, 3.8) is 0 Å². The fraction of sp³-hybridized carbons (Fsp3) is 0.568. The number of aromatic nitrogens is 2. The summed E-state index contributed by atoms with van der Waals surface area (Å²) in [6.07, 6.45) is 5.47. The highest BCUT2D eigenvalue weighted by Gasteiger charge is 2.41. The van der Waals surface area contributed by atoms with Crippen LogP contribution < -0.4 is 31.9 Å². The lowest BCUT2D eigenvalue weighted by atomic mass is 9.85. The molecule has 18 nitrogen and oxygen atoms in total. The van der Waals surface area contributed by atoms with Crippen LogP contribution in [-0.2, 0) is 30.9 Å².